The summed E-state index contributed by atoms with van der Waals surface area (Å²) in [5, 5.41) is 8.80. The van der Waals surface area contributed by atoms with Gasteiger partial charge in [-0.3, -0.25) is 4.79 Å². The first-order chi connectivity index (χ1) is 17.6. The molecule has 1 aromatic rings. The number of hydrogen-bond donors (Lipinski definition) is 1. The van der Waals surface area contributed by atoms with E-state index in [0.717, 1.165) is 5.56 Å². The normalized spacial score (nSPS) is 22.0. The zero-order valence-electron chi connectivity index (χ0n) is 21.1. The summed E-state index contributed by atoms with van der Waals surface area (Å²) in [5.74, 6) is -0.667. The van der Waals surface area contributed by atoms with Gasteiger partial charge in [0.2, 0.25) is 6.29 Å². The molecule has 1 N–H and O–H groups in total. The summed E-state index contributed by atoms with van der Waals surface area (Å²) in [6, 6.07) is 7.18. The van der Waals surface area contributed by atoms with Crippen LogP contribution in [0.1, 0.15) is 35.2 Å². The summed E-state index contributed by atoms with van der Waals surface area (Å²) >= 11 is 0. The number of rotatable bonds is 13. The van der Waals surface area contributed by atoms with Crippen molar-refractivity contribution in [2.75, 3.05) is 73.1 Å². The molecule has 10 nitrogen and oxygen atoms in total. The number of esters is 1. The van der Waals surface area contributed by atoms with Gasteiger partial charge in [0.25, 0.3) is 5.91 Å². The van der Waals surface area contributed by atoms with E-state index < -0.39 is 12.3 Å². The van der Waals surface area contributed by atoms with Gasteiger partial charge in [-0.2, -0.15) is 0 Å². The Kier molecular flexibility index (Phi) is 11.6. The van der Waals surface area contributed by atoms with Crippen LogP contribution >= 0.6 is 0 Å². The van der Waals surface area contributed by atoms with Gasteiger partial charge in [-0.15, -0.1) is 0 Å². The Morgan fingerprint density at radius 3 is 2.39 bits per heavy atom. The molecule has 0 spiro atoms. The van der Waals surface area contributed by atoms with Crippen molar-refractivity contribution in [3.05, 3.63) is 47.2 Å². The highest BCUT2D eigenvalue weighted by Gasteiger charge is 2.39. The first-order valence-corrected chi connectivity index (χ1v) is 12.4. The Hall–Kier alpha value is -2.50. The molecule has 3 rings (SSSR count). The van der Waals surface area contributed by atoms with Crippen molar-refractivity contribution in [3.8, 4) is 0 Å². The lowest BCUT2D eigenvalue weighted by Crippen LogP contribution is -2.44. The van der Waals surface area contributed by atoms with E-state index in [4.69, 9.17) is 33.5 Å². The number of methoxy groups -OCH3 is 1. The van der Waals surface area contributed by atoms with Crippen LogP contribution in [0.25, 0.3) is 0 Å². The maximum absolute atomic E-state index is 13.3. The number of nitrogens with zero attached hydrogens (tertiary/aromatic N) is 1. The quantitative estimate of drug-likeness (QED) is 0.315. The molecule has 0 aromatic heterocycles. The predicted molar refractivity (Wildman–Crippen MR) is 129 cm³/mol. The molecule has 0 bridgehead atoms. The molecule has 0 unspecified atom stereocenters. The lowest BCUT2D eigenvalue weighted by molar-refractivity contribution is -0.173. The summed E-state index contributed by atoms with van der Waals surface area (Å²) in [7, 11) is 1.35. The highest BCUT2D eigenvalue weighted by atomic mass is 16.7. The van der Waals surface area contributed by atoms with Crippen molar-refractivity contribution in [2.24, 2.45) is 5.92 Å². The Morgan fingerprint density at radius 2 is 1.75 bits per heavy atom. The fourth-order valence-corrected chi connectivity index (χ4v) is 4.30. The van der Waals surface area contributed by atoms with Crippen molar-refractivity contribution < 1.29 is 43.1 Å². The number of carbonyl (C=O) groups is 2. The van der Waals surface area contributed by atoms with Crippen LogP contribution in [0.15, 0.2) is 36.1 Å². The van der Waals surface area contributed by atoms with Gasteiger partial charge in [-0.05, 0) is 37.1 Å². The first kappa shape index (κ1) is 28.1. The van der Waals surface area contributed by atoms with Gasteiger partial charge in [0.15, 0.2) is 5.76 Å². The molecule has 2 heterocycles. The molecule has 1 fully saturated rings. The second-order valence-electron chi connectivity index (χ2n) is 8.42. The molecule has 2 aliphatic rings. The first-order valence-electron chi connectivity index (χ1n) is 12.4. The molecule has 3 atom stereocenters. The maximum Gasteiger partial charge on any atom is 0.337 e. The van der Waals surface area contributed by atoms with E-state index in [9.17, 15) is 9.59 Å². The van der Waals surface area contributed by atoms with Gasteiger partial charge < -0.3 is 38.4 Å². The van der Waals surface area contributed by atoms with Crippen LogP contribution in [0.4, 0.5) is 0 Å². The van der Waals surface area contributed by atoms with Crippen molar-refractivity contribution in [2.45, 2.75) is 25.6 Å². The molecule has 2 aliphatic heterocycles. The number of aliphatic hydroxyl groups excluding tert-OH is 1. The number of allylic oxidation sites excluding steroid dienone is 1. The smallest absolute Gasteiger partial charge is 0.337 e. The minimum Gasteiger partial charge on any atom is -0.465 e. The fraction of sp³-hybridized carbons (Fsp3) is 0.615. The van der Waals surface area contributed by atoms with Gasteiger partial charge in [0.05, 0.1) is 52.3 Å². The Labute approximate surface area is 212 Å². The average Bonchev–Trinajstić information content (AvgIpc) is 2.92. The number of benzene rings is 1. The van der Waals surface area contributed by atoms with Gasteiger partial charge >= 0.3 is 5.97 Å². The standard InChI is InChI=1S/C26H37NO9/c1-3-35-26-21(8-12-32-16-17-34-15-11-28)22(19-4-6-20(7-5-19)25(30)31-2)18-23(36-26)24(29)27-9-13-33-14-10-27/h4-7,18,21-22,26,28H,3,8-17H2,1-2H3/t21-,22-,26-/m1/s1. The SMILES string of the molecule is CCO[C@@H]1OC(C(=O)N2CCOCC2)=C[C@H](c2ccc(C(=O)OC)cc2)[C@H]1CCOCCOCCO. The van der Waals surface area contributed by atoms with Gasteiger partial charge in [-0.25, -0.2) is 4.79 Å². The van der Waals surface area contributed by atoms with E-state index in [1.165, 1.54) is 7.11 Å². The molecule has 10 heteroatoms. The Balaban J connectivity index is 1.81. The third-order valence-electron chi connectivity index (χ3n) is 6.14. The number of ether oxygens (including phenoxy) is 6. The summed E-state index contributed by atoms with van der Waals surface area (Å²) in [6.45, 7) is 5.81. The lowest BCUT2D eigenvalue weighted by atomic mass is 9.81. The van der Waals surface area contributed by atoms with Gasteiger partial charge in [0.1, 0.15) is 0 Å². The monoisotopic (exact) mass is 507 g/mol. The van der Waals surface area contributed by atoms with Crippen LogP contribution in [0.3, 0.4) is 0 Å². The highest BCUT2D eigenvalue weighted by molar-refractivity contribution is 5.92. The van der Waals surface area contributed by atoms with E-state index >= 15 is 0 Å². The molecule has 0 saturated carbocycles. The van der Waals surface area contributed by atoms with Crippen molar-refractivity contribution in [3.63, 3.8) is 0 Å². The van der Waals surface area contributed by atoms with Crippen LogP contribution in [-0.2, 0) is 33.2 Å². The van der Waals surface area contributed by atoms with Crippen LogP contribution < -0.4 is 0 Å². The van der Waals surface area contributed by atoms with Crippen LogP contribution in [-0.4, -0.2) is 101 Å². The highest BCUT2D eigenvalue weighted by Crippen LogP contribution is 2.39. The van der Waals surface area contributed by atoms with Crippen molar-refractivity contribution in [1.82, 2.24) is 4.90 Å². The molecular weight excluding hydrogens is 470 g/mol. The summed E-state index contributed by atoms with van der Waals surface area (Å²) in [6.07, 6.45) is 1.83. The molecule has 200 valence electrons. The van der Waals surface area contributed by atoms with E-state index in [1.54, 1.807) is 17.0 Å². The summed E-state index contributed by atoms with van der Waals surface area (Å²) in [4.78, 5) is 26.9. The number of amides is 1. The van der Waals surface area contributed by atoms with Crippen LogP contribution in [0.5, 0.6) is 0 Å². The number of hydrogen-bond acceptors (Lipinski definition) is 9. The summed E-state index contributed by atoms with van der Waals surface area (Å²) < 4.78 is 33.3. The van der Waals surface area contributed by atoms with E-state index in [2.05, 4.69) is 0 Å². The zero-order valence-corrected chi connectivity index (χ0v) is 21.1. The molecule has 0 radical (unpaired) electrons. The zero-order chi connectivity index (χ0) is 25.8. The minimum absolute atomic E-state index is 0.0241. The fourth-order valence-electron chi connectivity index (χ4n) is 4.30. The van der Waals surface area contributed by atoms with E-state index in [1.807, 2.05) is 25.1 Å². The second-order valence-corrected chi connectivity index (χ2v) is 8.42. The molecule has 1 aromatic carbocycles. The lowest BCUT2D eigenvalue weighted by Gasteiger charge is -2.38. The third kappa shape index (κ3) is 7.75. The van der Waals surface area contributed by atoms with Crippen molar-refractivity contribution >= 4 is 11.9 Å². The third-order valence-corrected chi connectivity index (χ3v) is 6.14. The number of carbonyl (C=O) groups excluding carboxylic acids is 2. The van der Waals surface area contributed by atoms with Crippen LogP contribution in [0.2, 0.25) is 0 Å². The van der Waals surface area contributed by atoms with Crippen LogP contribution in [0, 0.1) is 5.92 Å². The topological polar surface area (TPSA) is 113 Å². The van der Waals surface area contributed by atoms with Gasteiger partial charge in [-0.1, -0.05) is 12.1 Å². The molecule has 1 saturated heterocycles. The molecule has 1 amide bonds. The van der Waals surface area contributed by atoms with Crippen molar-refractivity contribution in [1.29, 1.82) is 0 Å². The Bertz CT molecular complexity index is 851. The second kappa shape index (κ2) is 14.9. The maximum atomic E-state index is 13.3. The molecular formula is C26H37NO9. The minimum atomic E-state index is -0.639. The molecule has 0 aliphatic carbocycles. The predicted octanol–water partition coefficient (Wildman–Crippen LogP) is 1.72. The van der Waals surface area contributed by atoms with E-state index in [0.29, 0.717) is 64.7 Å². The largest absolute Gasteiger partial charge is 0.465 e. The van der Waals surface area contributed by atoms with Gasteiger partial charge in [0, 0.05) is 38.1 Å². The average molecular weight is 508 g/mol. The van der Waals surface area contributed by atoms with E-state index in [-0.39, 0.29) is 36.7 Å². The number of morpholine rings is 1. The molecule has 36 heavy (non-hydrogen) atoms. The Morgan fingerprint density at radius 1 is 1.06 bits per heavy atom. The summed E-state index contributed by atoms with van der Waals surface area (Å²) in [5.41, 5.74) is 1.38. The number of aliphatic hydroxyl groups is 1.